The molecule has 0 bridgehead atoms. The summed E-state index contributed by atoms with van der Waals surface area (Å²) in [5.74, 6) is -1.50. The molecule has 1 aromatic rings. The maximum Gasteiger partial charge on any atom is 0.338 e. The van der Waals surface area contributed by atoms with Gasteiger partial charge in [0.25, 0.3) is 0 Å². The number of allylic oxidation sites excluding steroid dienone is 6. The Kier molecular flexibility index (Phi) is 5.79. The van der Waals surface area contributed by atoms with Crippen LogP contribution in [-0.4, -0.2) is 34.2 Å². The lowest BCUT2D eigenvalue weighted by Crippen LogP contribution is -2.60. The highest BCUT2D eigenvalue weighted by atomic mass is 16.2. The number of hydrogen-bond donors (Lipinski definition) is 0. The van der Waals surface area contributed by atoms with Crippen LogP contribution in [0.15, 0.2) is 78.1 Å². The van der Waals surface area contributed by atoms with Crippen molar-refractivity contribution in [2.45, 2.75) is 32.6 Å². The summed E-state index contributed by atoms with van der Waals surface area (Å²) in [5.41, 5.74) is 2.50. The molecule has 2 unspecified atom stereocenters. The van der Waals surface area contributed by atoms with Crippen LogP contribution in [-0.2, 0) is 16.0 Å². The third-order valence-electron chi connectivity index (χ3n) is 5.93. The van der Waals surface area contributed by atoms with Crippen molar-refractivity contribution in [3.05, 3.63) is 83.6 Å². The lowest BCUT2D eigenvalue weighted by atomic mass is 9.90. The Hall–Kier alpha value is -3.21. The molecule has 1 heterocycles. The Balaban J connectivity index is 1.68. The molecule has 0 radical (unpaired) electrons. The van der Waals surface area contributed by atoms with Gasteiger partial charge in [-0.15, -0.1) is 0 Å². The minimum absolute atomic E-state index is 0.217. The molecule has 0 saturated carbocycles. The summed E-state index contributed by atoms with van der Waals surface area (Å²) in [6.45, 7) is 2.31. The van der Waals surface area contributed by atoms with E-state index >= 15 is 0 Å². The Labute approximate surface area is 177 Å². The summed E-state index contributed by atoms with van der Waals surface area (Å²) in [6.07, 6.45) is 14.5. The van der Waals surface area contributed by atoms with Crippen molar-refractivity contribution in [3.8, 4) is 0 Å². The van der Waals surface area contributed by atoms with Gasteiger partial charge < -0.3 is 0 Å². The number of urea groups is 1. The third-order valence-corrected chi connectivity index (χ3v) is 5.93. The fraction of sp³-hybridized carbons (Fsp3) is 0.320. The van der Waals surface area contributed by atoms with Crippen LogP contribution in [0.25, 0.3) is 0 Å². The van der Waals surface area contributed by atoms with Gasteiger partial charge in [-0.3, -0.25) is 14.5 Å². The van der Waals surface area contributed by atoms with Gasteiger partial charge in [-0.05, 0) is 48.8 Å². The van der Waals surface area contributed by atoms with Crippen molar-refractivity contribution in [3.63, 3.8) is 0 Å². The second kappa shape index (κ2) is 8.66. The number of hydrogen-bond acceptors (Lipinski definition) is 3. The van der Waals surface area contributed by atoms with Crippen LogP contribution < -0.4 is 0 Å². The Morgan fingerprint density at radius 1 is 1.00 bits per heavy atom. The fourth-order valence-electron chi connectivity index (χ4n) is 4.11. The maximum absolute atomic E-state index is 13.3. The summed E-state index contributed by atoms with van der Waals surface area (Å²) in [7, 11) is 0. The van der Waals surface area contributed by atoms with Gasteiger partial charge in [-0.25, -0.2) is 9.69 Å². The first-order chi connectivity index (χ1) is 14.6. The standard InChI is InChI=1S/C25H26N2O3/c1-18-10-8-9-13-20(18)17-26-23(28)22(16-19-11-4-2-5-12-19)24(29)27(25(26)30)21-14-6-3-7-15-21/h2,4-6,8-9,11-15,18,22H,3,7,10,16-17H2,1H3. The summed E-state index contributed by atoms with van der Waals surface area (Å²) in [4.78, 5) is 42.4. The van der Waals surface area contributed by atoms with Crippen LogP contribution >= 0.6 is 0 Å². The zero-order valence-corrected chi connectivity index (χ0v) is 17.2. The number of amides is 4. The van der Waals surface area contributed by atoms with Gasteiger partial charge in [0.2, 0.25) is 11.8 Å². The lowest BCUT2D eigenvalue weighted by Gasteiger charge is -2.38. The fourth-order valence-corrected chi connectivity index (χ4v) is 4.11. The quantitative estimate of drug-likeness (QED) is 0.686. The Morgan fingerprint density at radius 2 is 1.80 bits per heavy atom. The number of carbonyl (C=O) groups excluding carboxylic acids is 3. The summed E-state index contributed by atoms with van der Waals surface area (Å²) in [6, 6.07) is 8.94. The monoisotopic (exact) mass is 402 g/mol. The van der Waals surface area contributed by atoms with E-state index in [4.69, 9.17) is 0 Å². The number of carbonyl (C=O) groups is 3. The predicted molar refractivity (Wildman–Crippen MR) is 115 cm³/mol. The molecule has 4 amide bonds. The molecule has 0 aromatic heterocycles. The SMILES string of the molecule is CC1CC=CC=C1CN1C(=O)C(Cc2ccccc2)C(=O)N(C2=CCCC=C2)C1=O. The average Bonchev–Trinajstić information content (AvgIpc) is 2.77. The highest BCUT2D eigenvalue weighted by Gasteiger charge is 2.47. The van der Waals surface area contributed by atoms with Gasteiger partial charge in [0.05, 0.1) is 6.54 Å². The molecule has 0 spiro atoms. The average molecular weight is 402 g/mol. The van der Waals surface area contributed by atoms with E-state index in [0.717, 1.165) is 30.4 Å². The minimum atomic E-state index is -0.906. The van der Waals surface area contributed by atoms with E-state index in [9.17, 15) is 14.4 Å². The zero-order valence-electron chi connectivity index (χ0n) is 17.2. The molecule has 0 N–H and O–H groups in total. The summed E-state index contributed by atoms with van der Waals surface area (Å²) < 4.78 is 0. The smallest absolute Gasteiger partial charge is 0.273 e. The largest absolute Gasteiger partial charge is 0.338 e. The highest BCUT2D eigenvalue weighted by Crippen LogP contribution is 2.29. The highest BCUT2D eigenvalue weighted by molar-refractivity contribution is 6.17. The van der Waals surface area contributed by atoms with Crippen molar-refractivity contribution < 1.29 is 14.4 Å². The van der Waals surface area contributed by atoms with Gasteiger partial charge in [0.15, 0.2) is 0 Å². The van der Waals surface area contributed by atoms with Crippen molar-refractivity contribution >= 4 is 17.8 Å². The van der Waals surface area contributed by atoms with Gasteiger partial charge in [-0.1, -0.05) is 67.6 Å². The number of nitrogens with zero attached hydrogens (tertiary/aromatic N) is 2. The zero-order chi connectivity index (χ0) is 21.1. The Morgan fingerprint density at radius 3 is 2.50 bits per heavy atom. The predicted octanol–water partition coefficient (Wildman–Crippen LogP) is 4.39. The first-order valence-electron chi connectivity index (χ1n) is 10.5. The molecule has 5 nitrogen and oxygen atoms in total. The molecule has 4 rings (SSSR count). The van der Waals surface area contributed by atoms with E-state index in [1.807, 2.05) is 54.6 Å². The molecule has 1 saturated heterocycles. The Bertz CT molecular complexity index is 971. The third kappa shape index (κ3) is 3.92. The van der Waals surface area contributed by atoms with E-state index in [2.05, 4.69) is 13.0 Å². The topological polar surface area (TPSA) is 57.7 Å². The molecule has 30 heavy (non-hydrogen) atoms. The van der Waals surface area contributed by atoms with Crippen molar-refractivity contribution in [1.29, 1.82) is 0 Å². The van der Waals surface area contributed by atoms with Crippen LogP contribution in [0.2, 0.25) is 0 Å². The first-order valence-corrected chi connectivity index (χ1v) is 10.5. The van der Waals surface area contributed by atoms with Crippen LogP contribution in [0, 0.1) is 11.8 Å². The molecular weight excluding hydrogens is 376 g/mol. The number of benzene rings is 1. The summed E-state index contributed by atoms with van der Waals surface area (Å²) >= 11 is 0. The second-order valence-electron chi connectivity index (χ2n) is 8.04. The number of imide groups is 2. The van der Waals surface area contributed by atoms with Crippen molar-refractivity contribution in [2.75, 3.05) is 6.54 Å². The number of rotatable bonds is 5. The maximum atomic E-state index is 13.3. The van der Waals surface area contributed by atoms with Gasteiger partial charge >= 0.3 is 6.03 Å². The van der Waals surface area contributed by atoms with Crippen LogP contribution in [0.1, 0.15) is 31.7 Å². The second-order valence-corrected chi connectivity index (χ2v) is 8.04. The number of barbiturate groups is 1. The van der Waals surface area contributed by atoms with Crippen LogP contribution in [0.3, 0.4) is 0 Å². The first kappa shape index (κ1) is 20.1. The molecule has 3 aliphatic rings. The van der Waals surface area contributed by atoms with Crippen molar-refractivity contribution in [2.24, 2.45) is 11.8 Å². The molecule has 2 aliphatic carbocycles. The lowest BCUT2D eigenvalue weighted by molar-refractivity contribution is -0.147. The normalized spacial score (nSPS) is 24.2. The van der Waals surface area contributed by atoms with E-state index < -0.39 is 23.8 Å². The van der Waals surface area contributed by atoms with Gasteiger partial charge in [-0.2, -0.15) is 0 Å². The van der Waals surface area contributed by atoms with E-state index in [-0.39, 0.29) is 18.9 Å². The molecule has 1 aliphatic heterocycles. The van der Waals surface area contributed by atoms with E-state index in [1.54, 1.807) is 6.08 Å². The van der Waals surface area contributed by atoms with Gasteiger partial charge in [0.1, 0.15) is 5.92 Å². The molecule has 1 aromatic carbocycles. The van der Waals surface area contributed by atoms with Crippen molar-refractivity contribution in [1.82, 2.24) is 9.80 Å². The molecule has 154 valence electrons. The molecule has 5 heteroatoms. The molecular formula is C25H26N2O3. The van der Waals surface area contributed by atoms with E-state index in [0.29, 0.717) is 5.70 Å². The van der Waals surface area contributed by atoms with Gasteiger partial charge in [0, 0.05) is 5.70 Å². The molecule has 1 fully saturated rings. The minimum Gasteiger partial charge on any atom is -0.273 e. The van der Waals surface area contributed by atoms with E-state index in [1.165, 1.54) is 9.80 Å². The van der Waals surface area contributed by atoms with Crippen LogP contribution in [0.4, 0.5) is 4.79 Å². The van der Waals surface area contributed by atoms with Crippen LogP contribution in [0.5, 0.6) is 0 Å². The summed E-state index contributed by atoms with van der Waals surface area (Å²) in [5, 5.41) is 0. The molecule has 2 atom stereocenters.